The van der Waals surface area contributed by atoms with Gasteiger partial charge in [0.25, 0.3) is 0 Å². The van der Waals surface area contributed by atoms with Crippen molar-refractivity contribution in [1.82, 2.24) is 9.97 Å². The molecule has 53 heavy (non-hydrogen) atoms. The highest BCUT2D eigenvalue weighted by Crippen LogP contribution is 2.49. The van der Waals surface area contributed by atoms with Crippen LogP contribution in [0, 0.1) is 0 Å². The Kier molecular flexibility index (Phi) is 7.19. The van der Waals surface area contributed by atoms with Crippen LogP contribution >= 0.6 is 0 Å². The molecule has 0 fully saturated rings. The topological polar surface area (TPSA) is 25.8 Å². The van der Waals surface area contributed by atoms with Crippen molar-refractivity contribution in [2.75, 3.05) is 0 Å². The monoisotopic (exact) mass is 676 g/mol. The Hall–Kier alpha value is -6.64. The predicted octanol–water partition coefficient (Wildman–Crippen LogP) is 13.4. The van der Waals surface area contributed by atoms with Gasteiger partial charge in [-0.05, 0) is 90.3 Å². The lowest BCUT2D eigenvalue weighted by Gasteiger charge is -2.22. The van der Waals surface area contributed by atoms with E-state index in [0.717, 1.165) is 28.1 Å². The zero-order chi connectivity index (χ0) is 35.5. The summed E-state index contributed by atoms with van der Waals surface area (Å²) in [5.41, 5.74) is 15.3. The van der Waals surface area contributed by atoms with E-state index in [4.69, 9.17) is 9.97 Å². The van der Waals surface area contributed by atoms with Crippen LogP contribution in [0.2, 0.25) is 0 Å². The molecule has 10 rings (SSSR count). The van der Waals surface area contributed by atoms with Gasteiger partial charge in [0, 0.05) is 22.1 Å². The van der Waals surface area contributed by atoms with Crippen molar-refractivity contribution < 1.29 is 0 Å². The maximum Gasteiger partial charge on any atom is 0.160 e. The van der Waals surface area contributed by atoms with Crippen molar-refractivity contribution in [2.45, 2.75) is 19.3 Å². The summed E-state index contributed by atoms with van der Waals surface area (Å²) in [7, 11) is 0. The van der Waals surface area contributed by atoms with Crippen LogP contribution in [0.4, 0.5) is 0 Å². The largest absolute Gasteiger partial charge is 0.228 e. The van der Waals surface area contributed by atoms with Crippen LogP contribution in [-0.2, 0) is 5.41 Å². The van der Waals surface area contributed by atoms with Gasteiger partial charge in [-0.15, -0.1) is 0 Å². The highest BCUT2D eigenvalue weighted by Gasteiger charge is 2.35. The average molecular weight is 677 g/mol. The van der Waals surface area contributed by atoms with Gasteiger partial charge in [0.2, 0.25) is 0 Å². The van der Waals surface area contributed by atoms with Crippen LogP contribution in [0.3, 0.4) is 0 Å². The lowest BCUT2D eigenvalue weighted by Crippen LogP contribution is -2.14. The van der Waals surface area contributed by atoms with Crippen molar-refractivity contribution in [1.29, 1.82) is 0 Å². The number of aromatic nitrogens is 2. The Morgan fingerprint density at radius 3 is 1.64 bits per heavy atom. The van der Waals surface area contributed by atoms with E-state index in [-0.39, 0.29) is 5.41 Å². The second kappa shape index (κ2) is 12.3. The van der Waals surface area contributed by atoms with Crippen molar-refractivity contribution in [3.63, 3.8) is 0 Å². The second-order valence-electron chi connectivity index (χ2n) is 14.6. The predicted molar refractivity (Wildman–Crippen MR) is 222 cm³/mol. The van der Waals surface area contributed by atoms with Gasteiger partial charge in [0.1, 0.15) is 0 Å². The second-order valence-corrected chi connectivity index (χ2v) is 14.6. The Morgan fingerprint density at radius 2 is 0.868 bits per heavy atom. The zero-order valence-electron chi connectivity index (χ0n) is 29.7. The molecule has 0 spiro atoms. The third-order valence-electron chi connectivity index (χ3n) is 11.1. The fourth-order valence-electron chi connectivity index (χ4n) is 8.31. The van der Waals surface area contributed by atoms with E-state index in [1.54, 1.807) is 0 Å². The molecule has 1 heterocycles. The first-order valence-corrected chi connectivity index (χ1v) is 18.3. The molecule has 2 nitrogen and oxygen atoms in total. The Balaban J connectivity index is 1.07. The molecule has 0 radical (unpaired) electrons. The van der Waals surface area contributed by atoms with E-state index in [9.17, 15) is 0 Å². The highest BCUT2D eigenvalue weighted by atomic mass is 14.9. The number of nitrogens with zero attached hydrogens (tertiary/aromatic N) is 2. The summed E-state index contributed by atoms with van der Waals surface area (Å²) in [5.74, 6) is 0.714. The van der Waals surface area contributed by atoms with Crippen LogP contribution in [0.5, 0.6) is 0 Å². The molecule has 0 unspecified atom stereocenters. The summed E-state index contributed by atoms with van der Waals surface area (Å²) in [6.07, 6.45) is 0. The summed E-state index contributed by atoms with van der Waals surface area (Å²) in [6.45, 7) is 4.68. The van der Waals surface area contributed by atoms with Gasteiger partial charge in [-0.3, -0.25) is 0 Å². The molecule has 2 heteroatoms. The minimum atomic E-state index is -0.0289. The first-order valence-electron chi connectivity index (χ1n) is 18.3. The van der Waals surface area contributed by atoms with Gasteiger partial charge < -0.3 is 0 Å². The number of hydrogen-bond donors (Lipinski definition) is 0. The average Bonchev–Trinajstić information content (AvgIpc) is 3.45. The van der Waals surface area contributed by atoms with Crippen LogP contribution < -0.4 is 0 Å². The zero-order valence-corrected chi connectivity index (χ0v) is 29.7. The van der Waals surface area contributed by atoms with E-state index in [1.165, 1.54) is 66.1 Å². The Bertz CT molecular complexity index is 2850. The van der Waals surface area contributed by atoms with Crippen LogP contribution in [0.1, 0.15) is 25.0 Å². The van der Waals surface area contributed by atoms with E-state index in [0.29, 0.717) is 5.82 Å². The van der Waals surface area contributed by atoms with Crippen molar-refractivity contribution >= 4 is 21.5 Å². The fraction of sp³-hybridized carbons (Fsp3) is 0.0588. The minimum Gasteiger partial charge on any atom is -0.228 e. The molecular formula is C51H36N2. The van der Waals surface area contributed by atoms with Gasteiger partial charge in [-0.2, -0.15) is 0 Å². The molecule has 0 saturated heterocycles. The van der Waals surface area contributed by atoms with Crippen molar-refractivity contribution in [2.24, 2.45) is 0 Å². The minimum absolute atomic E-state index is 0.0289. The molecule has 0 amide bonds. The summed E-state index contributed by atoms with van der Waals surface area (Å²) < 4.78 is 0. The highest BCUT2D eigenvalue weighted by molar-refractivity contribution is 6.05. The maximum absolute atomic E-state index is 5.20. The molecule has 1 aliphatic carbocycles. The normalized spacial score (nSPS) is 12.9. The van der Waals surface area contributed by atoms with E-state index < -0.39 is 0 Å². The van der Waals surface area contributed by atoms with Crippen molar-refractivity contribution in [3.05, 3.63) is 193 Å². The van der Waals surface area contributed by atoms with Crippen LogP contribution in [0.15, 0.2) is 182 Å². The van der Waals surface area contributed by atoms with Gasteiger partial charge in [0.05, 0.1) is 11.4 Å². The van der Waals surface area contributed by atoms with E-state index in [2.05, 4.69) is 178 Å². The Morgan fingerprint density at radius 1 is 0.340 bits per heavy atom. The van der Waals surface area contributed by atoms with E-state index in [1.807, 2.05) is 18.2 Å². The van der Waals surface area contributed by atoms with Gasteiger partial charge in [-0.25, -0.2) is 9.97 Å². The molecule has 1 aromatic heterocycles. The summed E-state index contributed by atoms with van der Waals surface area (Å²) in [6, 6.07) is 65.4. The summed E-state index contributed by atoms with van der Waals surface area (Å²) >= 11 is 0. The lowest BCUT2D eigenvalue weighted by atomic mass is 9.81. The van der Waals surface area contributed by atoms with Crippen LogP contribution in [0.25, 0.3) is 88.8 Å². The summed E-state index contributed by atoms with van der Waals surface area (Å²) in [4.78, 5) is 10.4. The number of benzene rings is 8. The molecule has 8 aromatic carbocycles. The number of fused-ring (bicyclic) bond motifs is 5. The first kappa shape index (κ1) is 31.1. The quantitative estimate of drug-likeness (QED) is 0.181. The van der Waals surface area contributed by atoms with Gasteiger partial charge in [0.15, 0.2) is 5.82 Å². The first-order chi connectivity index (χ1) is 26.0. The van der Waals surface area contributed by atoms with Gasteiger partial charge >= 0.3 is 0 Å². The number of hydrogen-bond acceptors (Lipinski definition) is 2. The van der Waals surface area contributed by atoms with Crippen molar-refractivity contribution in [3.8, 4) is 67.3 Å². The Labute approximate surface area is 310 Å². The molecular weight excluding hydrogens is 641 g/mol. The lowest BCUT2D eigenvalue weighted by molar-refractivity contribution is 0.660. The standard InChI is InChI=1S/C51H36N2/c1-51(2)46-20-12-11-19-43(46)44-26-25-38(31-47(44)51)36-21-22-37-30-39(24-23-35(37)29-36)48-32-49(53-50(52-48)34-15-7-4-8-16-34)45-28-27-40(33-13-5-3-6-14-33)41-17-9-10-18-42(41)45/h3-32H,1-2H3. The number of rotatable bonds is 5. The van der Waals surface area contributed by atoms with E-state index >= 15 is 0 Å². The molecule has 9 aromatic rings. The molecule has 0 N–H and O–H groups in total. The summed E-state index contributed by atoms with van der Waals surface area (Å²) in [5, 5.41) is 4.76. The fourth-order valence-corrected chi connectivity index (χ4v) is 8.31. The molecule has 0 saturated carbocycles. The molecule has 0 aliphatic heterocycles. The maximum atomic E-state index is 5.20. The van der Waals surface area contributed by atoms with Crippen LogP contribution in [-0.4, -0.2) is 9.97 Å². The molecule has 0 bridgehead atoms. The third kappa shape index (κ3) is 5.26. The molecule has 1 aliphatic rings. The smallest absolute Gasteiger partial charge is 0.160 e. The SMILES string of the molecule is CC1(C)c2ccccc2-c2ccc(-c3ccc4cc(-c5cc(-c6ccc(-c7ccccc7)c7ccccc67)nc(-c6ccccc6)n5)ccc4c3)cc21. The van der Waals surface area contributed by atoms with Gasteiger partial charge in [-0.1, -0.05) is 172 Å². The molecule has 0 atom stereocenters. The third-order valence-corrected chi connectivity index (χ3v) is 11.1. The molecule has 250 valence electrons.